The number of rotatable bonds is 4. The van der Waals surface area contributed by atoms with Crippen LogP contribution in [-0.2, 0) is 23.2 Å². The molecule has 4 heterocycles. The summed E-state index contributed by atoms with van der Waals surface area (Å²) in [5, 5.41) is 3.73. The number of carbonyl (C=O) groups excluding carboxylic acids is 1. The second-order valence-electron chi connectivity index (χ2n) is 12.6. The molecule has 1 aliphatic heterocycles. The molecule has 0 saturated carbocycles. The maximum absolute atomic E-state index is 13.4. The average Bonchev–Trinajstić information content (AvgIpc) is 3.41. The molecule has 1 N–H and O–H groups in total. The molecular formula is C30H37N7O3. The number of amides is 1. The van der Waals surface area contributed by atoms with Crippen LogP contribution < -0.4 is 10.9 Å². The molecule has 0 fully saturated rings. The average molecular weight is 544 g/mol. The standard InChI is InChI=1S/C30H37N7O3/c1-18(2)36-26(38)23-15-32-27(34-25(23)37(36)22-11-12-31-24(14-22)29(3,4)5)33-21-10-9-19-16-35(17-20(19)13-21)28(39)40-30(6,7)8/h9-15,18H,16-17H2,1-8H3,(H,32,33,34). The van der Waals surface area contributed by atoms with Gasteiger partial charge in [0.15, 0.2) is 5.65 Å². The van der Waals surface area contributed by atoms with Crippen LogP contribution in [0.4, 0.5) is 16.4 Å². The van der Waals surface area contributed by atoms with Crippen molar-refractivity contribution in [1.29, 1.82) is 0 Å². The first-order valence-corrected chi connectivity index (χ1v) is 13.6. The topological polar surface area (TPSA) is 107 Å². The van der Waals surface area contributed by atoms with E-state index in [0.29, 0.717) is 30.1 Å². The largest absolute Gasteiger partial charge is 0.444 e. The van der Waals surface area contributed by atoms with Crippen LogP contribution in [0.15, 0.2) is 47.5 Å². The predicted octanol–water partition coefficient (Wildman–Crippen LogP) is 5.85. The van der Waals surface area contributed by atoms with E-state index in [1.54, 1.807) is 22.0 Å². The number of anilines is 2. The molecule has 10 heteroatoms. The fourth-order valence-electron chi connectivity index (χ4n) is 4.79. The van der Waals surface area contributed by atoms with E-state index < -0.39 is 5.60 Å². The van der Waals surface area contributed by atoms with Gasteiger partial charge < -0.3 is 10.1 Å². The van der Waals surface area contributed by atoms with Crippen LogP contribution in [0.5, 0.6) is 0 Å². The van der Waals surface area contributed by atoms with E-state index in [1.807, 2.05) is 69.6 Å². The summed E-state index contributed by atoms with van der Waals surface area (Å²) in [6.07, 6.45) is 3.01. The van der Waals surface area contributed by atoms with Crippen molar-refractivity contribution in [1.82, 2.24) is 29.2 Å². The van der Waals surface area contributed by atoms with Crippen molar-refractivity contribution in [2.24, 2.45) is 0 Å². The van der Waals surface area contributed by atoms with Gasteiger partial charge in [-0.1, -0.05) is 26.8 Å². The Bertz CT molecular complexity index is 1650. The van der Waals surface area contributed by atoms with Crippen molar-refractivity contribution in [2.45, 2.75) is 85.5 Å². The summed E-state index contributed by atoms with van der Waals surface area (Å²) in [5.41, 5.74) is 4.29. The Labute approximate surface area is 234 Å². The highest BCUT2D eigenvalue weighted by Crippen LogP contribution is 2.29. The highest BCUT2D eigenvalue weighted by Gasteiger charge is 2.28. The van der Waals surface area contributed by atoms with Gasteiger partial charge in [0.2, 0.25) is 5.95 Å². The van der Waals surface area contributed by atoms with Crippen LogP contribution in [0.1, 0.15) is 78.3 Å². The molecule has 40 heavy (non-hydrogen) atoms. The first-order valence-electron chi connectivity index (χ1n) is 13.6. The number of carbonyl (C=O) groups is 1. The summed E-state index contributed by atoms with van der Waals surface area (Å²) in [4.78, 5) is 41.5. The van der Waals surface area contributed by atoms with E-state index >= 15 is 0 Å². The van der Waals surface area contributed by atoms with E-state index in [-0.39, 0.29) is 23.1 Å². The lowest BCUT2D eigenvalue weighted by molar-refractivity contribution is 0.0242. The van der Waals surface area contributed by atoms with Crippen molar-refractivity contribution >= 4 is 28.8 Å². The minimum Gasteiger partial charge on any atom is -0.444 e. The third-order valence-electron chi connectivity index (χ3n) is 6.71. The molecule has 0 bridgehead atoms. The van der Waals surface area contributed by atoms with Crippen LogP contribution >= 0.6 is 0 Å². The van der Waals surface area contributed by atoms with E-state index in [2.05, 4.69) is 36.1 Å². The molecule has 10 nitrogen and oxygen atoms in total. The molecule has 0 spiro atoms. The van der Waals surface area contributed by atoms with Gasteiger partial charge in [0.05, 0.1) is 5.69 Å². The second-order valence-corrected chi connectivity index (χ2v) is 12.6. The molecule has 0 atom stereocenters. The smallest absolute Gasteiger partial charge is 0.410 e. The molecule has 0 unspecified atom stereocenters. The molecule has 1 aromatic carbocycles. The lowest BCUT2D eigenvalue weighted by atomic mass is 9.91. The highest BCUT2D eigenvalue weighted by molar-refractivity contribution is 5.77. The highest BCUT2D eigenvalue weighted by atomic mass is 16.6. The predicted molar refractivity (Wildman–Crippen MR) is 155 cm³/mol. The van der Waals surface area contributed by atoms with Crippen LogP contribution in [-0.4, -0.2) is 40.9 Å². The van der Waals surface area contributed by atoms with Crippen molar-refractivity contribution in [3.05, 3.63) is 69.9 Å². The zero-order chi connectivity index (χ0) is 29.0. The fourth-order valence-corrected chi connectivity index (χ4v) is 4.79. The number of hydrogen-bond donors (Lipinski definition) is 1. The summed E-state index contributed by atoms with van der Waals surface area (Å²) < 4.78 is 9.09. The number of pyridine rings is 1. The van der Waals surface area contributed by atoms with Gasteiger partial charge in [-0.05, 0) is 70.0 Å². The summed E-state index contributed by atoms with van der Waals surface area (Å²) in [6.45, 7) is 16.8. The number of aromatic nitrogens is 5. The number of nitrogens with one attached hydrogen (secondary N) is 1. The number of ether oxygens (including phenoxy) is 1. The van der Waals surface area contributed by atoms with Gasteiger partial charge in [0.1, 0.15) is 11.0 Å². The number of benzene rings is 1. The van der Waals surface area contributed by atoms with Crippen molar-refractivity contribution in [3.8, 4) is 5.69 Å². The Hall–Kier alpha value is -4.21. The minimum atomic E-state index is -0.547. The fraction of sp³-hybridized carbons (Fsp3) is 0.433. The van der Waals surface area contributed by atoms with Crippen LogP contribution in [0.25, 0.3) is 16.7 Å². The SMILES string of the molecule is CC(C)n1c(=O)c2cnc(Nc3ccc4c(c3)CN(C(=O)OC(C)(C)C)C4)nc2n1-c1ccnc(C(C)(C)C)c1. The van der Waals surface area contributed by atoms with E-state index in [9.17, 15) is 9.59 Å². The van der Waals surface area contributed by atoms with Gasteiger partial charge >= 0.3 is 6.09 Å². The van der Waals surface area contributed by atoms with Gasteiger partial charge in [0.25, 0.3) is 5.56 Å². The van der Waals surface area contributed by atoms with Crippen molar-refractivity contribution < 1.29 is 9.53 Å². The van der Waals surface area contributed by atoms with Gasteiger partial charge in [-0.3, -0.25) is 14.7 Å². The van der Waals surface area contributed by atoms with E-state index in [4.69, 9.17) is 9.72 Å². The summed E-state index contributed by atoms with van der Waals surface area (Å²) >= 11 is 0. The molecular weight excluding hydrogens is 506 g/mol. The Morgan fingerprint density at radius 2 is 1.73 bits per heavy atom. The molecule has 5 rings (SSSR count). The Morgan fingerprint density at radius 1 is 1.00 bits per heavy atom. The zero-order valence-corrected chi connectivity index (χ0v) is 24.4. The third kappa shape index (κ3) is 5.30. The van der Waals surface area contributed by atoms with Crippen molar-refractivity contribution in [3.63, 3.8) is 0 Å². The van der Waals surface area contributed by atoms with E-state index in [1.165, 1.54) is 0 Å². The van der Waals surface area contributed by atoms with Gasteiger partial charge in [-0.2, -0.15) is 4.98 Å². The lowest BCUT2D eigenvalue weighted by Gasteiger charge is -2.24. The van der Waals surface area contributed by atoms with Gasteiger partial charge in [-0.15, -0.1) is 0 Å². The molecule has 1 amide bonds. The lowest BCUT2D eigenvalue weighted by Crippen LogP contribution is -2.33. The van der Waals surface area contributed by atoms with Crippen molar-refractivity contribution in [2.75, 3.05) is 5.32 Å². The molecule has 4 aromatic rings. The molecule has 0 saturated heterocycles. The Balaban J connectivity index is 1.49. The van der Waals surface area contributed by atoms with Crippen LogP contribution in [0.2, 0.25) is 0 Å². The second kappa shape index (κ2) is 9.76. The minimum absolute atomic E-state index is 0.103. The van der Waals surface area contributed by atoms with E-state index in [0.717, 1.165) is 28.2 Å². The third-order valence-corrected chi connectivity index (χ3v) is 6.71. The Kier molecular flexibility index (Phi) is 6.68. The quantitative estimate of drug-likeness (QED) is 0.344. The van der Waals surface area contributed by atoms with Crippen LogP contribution in [0, 0.1) is 0 Å². The first-order chi connectivity index (χ1) is 18.7. The monoisotopic (exact) mass is 543 g/mol. The van der Waals surface area contributed by atoms with Crippen LogP contribution in [0.3, 0.4) is 0 Å². The van der Waals surface area contributed by atoms with Gasteiger partial charge in [-0.25, -0.2) is 19.1 Å². The molecule has 210 valence electrons. The molecule has 1 aliphatic rings. The summed E-state index contributed by atoms with van der Waals surface area (Å²) in [5.74, 6) is 0.370. The number of hydrogen-bond acceptors (Lipinski definition) is 7. The number of nitrogens with zero attached hydrogens (tertiary/aromatic N) is 6. The molecule has 0 radical (unpaired) electrons. The number of fused-ring (bicyclic) bond motifs is 2. The molecule has 3 aromatic heterocycles. The maximum atomic E-state index is 13.4. The summed E-state index contributed by atoms with van der Waals surface area (Å²) in [6, 6.07) is 9.72. The summed E-state index contributed by atoms with van der Waals surface area (Å²) in [7, 11) is 0. The normalized spacial score (nSPS) is 13.7. The first kappa shape index (κ1) is 27.4. The Morgan fingerprint density at radius 3 is 2.40 bits per heavy atom. The zero-order valence-electron chi connectivity index (χ0n) is 24.4. The van der Waals surface area contributed by atoms with Gasteiger partial charge in [0, 0.05) is 48.3 Å². The maximum Gasteiger partial charge on any atom is 0.410 e. The molecule has 0 aliphatic carbocycles.